The second kappa shape index (κ2) is 5.65. The first-order valence-corrected chi connectivity index (χ1v) is 8.51. The molecule has 1 aliphatic rings. The van der Waals surface area contributed by atoms with Crippen molar-refractivity contribution in [2.75, 3.05) is 5.32 Å². The molecule has 0 bridgehead atoms. The van der Waals surface area contributed by atoms with Crippen LogP contribution in [0.25, 0.3) is 10.2 Å². The molecule has 1 N–H and O–H groups in total. The van der Waals surface area contributed by atoms with Crippen molar-refractivity contribution in [2.24, 2.45) is 5.92 Å². The predicted octanol–water partition coefficient (Wildman–Crippen LogP) is 3.82. The van der Waals surface area contributed by atoms with Crippen LogP contribution in [0.4, 0.5) is 5.82 Å². The van der Waals surface area contributed by atoms with Gasteiger partial charge in [0, 0.05) is 23.8 Å². The van der Waals surface area contributed by atoms with Crippen molar-refractivity contribution < 1.29 is 0 Å². The SMILES string of the molecule is C[C@H]1CCc2c(sc3ncnc(NCc4cccnc4)c23)C1. The van der Waals surface area contributed by atoms with Gasteiger partial charge in [-0.1, -0.05) is 13.0 Å². The maximum Gasteiger partial charge on any atom is 0.138 e. The van der Waals surface area contributed by atoms with E-state index < -0.39 is 0 Å². The van der Waals surface area contributed by atoms with Gasteiger partial charge >= 0.3 is 0 Å². The molecule has 4 rings (SSSR count). The average Bonchev–Trinajstić information content (AvgIpc) is 2.91. The fourth-order valence-electron chi connectivity index (χ4n) is 3.10. The van der Waals surface area contributed by atoms with E-state index in [0.717, 1.165) is 35.1 Å². The Balaban J connectivity index is 1.69. The van der Waals surface area contributed by atoms with Crippen LogP contribution in [0.3, 0.4) is 0 Å². The van der Waals surface area contributed by atoms with Gasteiger partial charge in [0.1, 0.15) is 17.0 Å². The van der Waals surface area contributed by atoms with Gasteiger partial charge in [-0.2, -0.15) is 0 Å². The zero-order valence-electron chi connectivity index (χ0n) is 12.5. The minimum Gasteiger partial charge on any atom is -0.365 e. The van der Waals surface area contributed by atoms with E-state index in [0.29, 0.717) is 0 Å². The van der Waals surface area contributed by atoms with Crippen molar-refractivity contribution in [3.05, 3.63) is 46.9 Å². The standard InChI is InChI=1S/C17H18N4S/c1-11-4-5-13-14(7-11)22-17-15(13)16(20-10-21-17)19-9-12-3-2-6-18-8-12/h2-3,6,8,10-11H,4-5,7,9H2,1H3,(H,19,20,21)/t11-/m0/s1. The lowest BCUT2D eigenvalue weighted by Gasteiger charge is -2.18. The molecule has 0 spiro atoms. The second-order valence-electron chi connectivity index (χ2n) is 5.97. The number of anilines is 1. The van der Waals surface area contributed by atoms with Crippen molar-refractivity contribution in [1.29, 1.82) is 0 Å². The molecule has 3 heterocycles. The van der Waals surface area contributed by atoms with Crippen LogP contribution < -0.4 is 5.32 Å². The van der Waals surface area contributed by atoms with Gasteiger partial charge < -0.3 is 5.32 Å². The first-order chi connectivity index (χ1) is 10.8. The smallest absolute Gasteiger partial charge is 0.138 e. The van der Waals surface area contributed by atoms with Crippen molar-refractivity contribution in [3.63, 3.8) is 0 Å². The summed E-state index contributed by atoms with van der Waals surface area (Å²) >= 11 is 1.84. The minimum atomic E-state index is 0.737. The molecule has 4 nitrogen and oxygen atoms in total. The molecular formula is C17H18N4S. The fourth-order valence-corrected chi connectivity index (χ4v) is 4.45. The lowest BCUT2D eigenvalue weighted by Crippen LogP contribution is -2.09. The lowest BCUT2D eigenvalue weighted by molar-refractivity contribution is 0.509. The molecule has 1 aliphatic carbocycles. The van der Waals surface area contributed by atoms with E-state index in [-0.39, 0.29) is 0 Å². The molecular weight excluding hydrogens is 292 g/mol. The summed E-state index contributed by atoms with van der Waals surface area (Å²) in [5, 5.41) is 4.70. The Hall–Kier alpha value is -2.01. The highest BCUT2D eigenvalue weighted by molar-refractivity contribution is 7.19. The van der Waals surface area contributed by atoms with Crippen LogP contribution in [0.1, 0.15) is 29.3 Å². The van der Waals surface area contributed by atoms with Gasteiger partial charge in [-0.05, 0) is 42.4 Å². The molecule has 0 radical (unpaired) electrons. The molecule has 0 saturated heterocycles. The van der Waals surface area contributed by atoms with Gasteiger partial charge in [0.25, 0.3) is 0 Å². The van der Waals surface area contributed by atoms with Crippen LogP contribution in [0.5, 0.6) is 0 Å². The number of hydrogen-bond donors (Lipinski definition) is 1. The van der Waals surface area contributed by atoms with Crippen LogP contribution in [0.2, 0.25) is 0 Å². The molecule has 22 heavy (non-hydrogen) atoms. The molecule has 0 unspecified atom stereocenters. The van der Waals surface area contributed by atoms with E-state index in [9.17, 15) is 0 Å². The summed E-state index contributed by atoms with van der Waals surface area (Å²) in [5.41, 5.74) is 2.62. The zero-order chi connectivity index (χ0) is 14.9. The van der Waals surface area contributed by atoms with Gasteiger partial charge in [0.15, 0.2) is 0 Å². The predicted molar refractivity (Wildman–Crippen MR) is 90.2 cm³/mol. The van der Waals surface area contributed by atoms with Crippen LogP contribution in [-0.2, 0) is 19.4 Å². The molecule has 0 fully saturated rings. The molecule has 0 aliphatic heterocycles. The summed E-state index contributed by atoms with van der Waals surface area (Å²) in [7, 11) is 0. The van der Waals surface area contributed by atoms with Gasteiger partial charge in [-0.15, -0.1) is 11.3 Å². The molecule has 112 valence electrons. The number of thiophene rings is 1. The van der Waals surface area contributed by atoms with E-state index in [1.807, 2.05) is 23.6 Å². The van der Waals surface area contributed by atoms with Gasteiger partial charge in [-0.25, -0.2) is 9.97 Å². The number of nitrogens with one attached hydrogen (secondary N) is 1. The Kier molecular flexibility index (Phi) is 3.50. The van der Waals surface area contributed by atoms with E-state index in [2.05, 4.69) is 33.3 Å². The number of pyridine rings is 1. The van der Waals surface area contributed by atoms with E-state index in [1.54, 1.807) is 12.5 Å². The zero-order valence-corrected chi connectivity index (χ0v) is 13.4. The Morgan fingerprint density at radius 2 is 2.32 bits per heavy atom. The maximum atomic E-state index is 4.49. The highest BCUT2D eigenvalue weighted by Gasteiger charge is 2.22. The Labute approximate surface area is 133 Å². The van der Waals surface area contributed by atoms with E-state index in [1.165, 1.54) is 28.7 Å². The maximum absolute atomic E-state index is 4.49. The van der Waals surface area contributed by atoms with Gasteiger partial charge in [0.2, 0.25) is 0 Å². The molecule has 0 saturated carbocycles. The number of fused-ring (bicyclic) bond motifs is 3. The molecule has 0 amide bonds. The summed E-state index contributed by atoms with van der Waals surface area (Å²) in [6, 6.07) is 4.03. The number of aromatic nitrogens is 3. The minimum absolute atomic E-state index is 0.737. The van der Waals surface area contributed by atoms with Crippen molar-refractivity contribution in [2.45, 2.75) is 32.7 Å². The normalized spacial score (nSPS) is 17.4. The Morgan fingerprint density at radius 1 is 1.36 bits per heavy atom. The van der Waals surface area contributed by atoms with Crippen molar-refractivity contribution >= 4 is 27.4 Å². The van der Waals surface area contributed by atoms with Crippen molar-refractivity contribution in [3.8, 4) is 0 Å². The fraction of sp³-hybridized carbons (Fsp3) is 0.353. The van der Waals surface area contributed by atoms with Crippen LogP contribution in [0.15, 0.2) is 30.9 Å². The second-order valence-corrected chi connectivity index (χ2v) is 7.05. The molecule has 3 aromatic rings. The molecule has 1 atom stereocenters. The summed E-state index contributed by atoms with van der Waals surface area (Å²) in [6.45, 7) is 3.07. The highest BCUT2D eigenvalue weighted by Crippen LogP contribution is 2.39. The van der Waals surface area contributed by atoms with Crippen molar-refractivity contribution in [1.82, 2.24) is 15.0 Å². The largest absolute Gasteiger partial charge is 0.365 e. The Morgan fingerprint density at radius 3 is 3.18 bits per heavy atom. The first-order valence-electron chi connectivity index (χ1n) is 7.69. The number of hydrogen-bond acceptors (Lipinski definition) is 5. The third-order valence-electron chi connectivity index (χ3n) is 4.27. The lowest BCUT2D eigenvalue weighted by atomic mass is 9.89. The van der Waals surface area contributed by atoms with Gasteiger partial charge in [-0.3, -0.25) is 4.98 Å². The van der Waals surface area contributed by atoms with Crippen LogP contribution in [-0.4, -0.2) is 15.0 Å². The van der Waals surface area contributed by atoms with Gasteiger partial charge in [0.05, 0.1) is 5.39 Å². The third-order valence-corrected chi connectivity index (χ3v) is 5.44. The molecule has 0 aromatic carbocycles. The van der Waals surface area contributed by atoms with Crippen LogP contribution in [0, 0.1) is 5.92 Å². The molecule has 3 aromatic heterocycles. The average molecular weight is 310 g/mol. The quantitative estimate of drug-likeness (QED) is 0.799. The summed E-state index contributed by atoms with van der Waals surface area (Å²) in [6.07, 6.45) is 8.93. The summed E-state index contributed by atoms with van der Waals surface area (Å²) in [4.78, 5) is 15.7. The summed E-state index contributed by atoms with van der Waals surface area (Å²) in [5.74, 6) is 1.74. The van der Waals surface area contributed by atoms with E-state index in [4.69, 9.17) is 0 Å². The Bertz CT molecular complexity index is 797. The topological polar surface area (TPSA) is 50.7 Å². The van der Waals surface area contributed by atoms with E-state index >= 15 is 0 Å². The third kappa shape index (κ3) is 2.46. The number of nitrogens with zero attached hydrogens (tertiary/aromatic N) is 3. The number of rotatable bonds is 3. The molecule has 5 heteroatoms. The summed E-state index contributed by atoms with van der Waals surface area (Å²) < 4.78 is 0. The highest BCUT2D eigenvalue weighted by atomic mass is 32.1. The van der Waals surface area contributed by atoms with Crippen LogP contribution >= 0.6 is 11.3 Å². The first kappa shape index (κ1) is 13.6. The number of aryl methyl sites for hydroxylation is 1. The monoisotopic (exact) mass is 310 g/mol.